The fourth-order valence-electron chi connectivity index (χ4n) is 2.81. The lowest BCUT2D eigenvalue weighted by Gasteiger charge is -2.36. The van der Waals surface area contributed by atoms with Crippen LogP contribution < -0.4 is 5.32 Å². The summed E-state index contributed by atoms with van der Waals surface area (Å²) in [6.07, 6.45) is 1.73. The Morgan fingerprint density at radius 1 is 1.29 bits per heavy atom. The van der Waals surface area contributed by atoms with Crippen molar-refractivity contribution in [3.05, 3.63) is 0 Å². The molecule has 2 heterocycles. The lowest BCUT2D eigenvalue weighted by molar-refractivity contribution is -0.150. The fraction of sp³-hybridized carbons (Fsp3) is 0.812. The van der Waals surface area contributed by atoms with E-state index in [4.69, 9.17) is 9.47 Å². The van der Waals surface area contributed by atoms with E-state index in [-0.39, 0.29) is 24.8 Å². The summed E-state index contributed by atoms with van der Waals surface area (Å²) < 4.78 is 10.4. The number of nitrogens with zero attached hydrogens (tertiary/aromatic N) is 2. The summed E-state index contributed by atoms with van der Waals surface area (Å²) >= 11 is 0. The number of carbonyl (C=O) groups excluding carboxylic acids is 3. The lowest BCUT2D eigenvalue weighted by atomic mass is 10.1. The van der Waals surface area contributed by atoms with Crippen molar-refractivity contribution in [3.8, 4) is 0 Å². The fourth-order valence-corrected chi connectivity index (χ4v) is 2.81. The Bertz CT molecular complexity index is 451. The molecule has 2 rings (SSSR count). The average molecular weight is 341 g/mol. The Hall–Kier alpha value is -1.67. The van der Waals surface area contributed by atoms with Crippen LogP contribution in [-0.2, 0) is 23.9 Å². The molecule has 1 atom stereocenters. The molecule has 8 heteroatoms. The van der Waals surface area contributed by atoms with Crippen molar-refractivity contribution < 1.29 is 23.9 Å². The van der Waals surface area contributed by atoms with Crippen molar-refractivity contribution in [2.45, 2.75) is 32.2 Å². The van der Waals surface area contributed by atoms with Crippen LogP contribution in [0.25, 0.3) is 0 Å². The van der Waals surface area contributed by atoms with Gasteiger partial charge < -0.3 is 19.7 Å². The topological polar surface area (TPSA) is 88.2 Å². The number of amides is 2. The van der Waals surface area contributed by atoms with Gasteiger partial charge in [0.05, 0.1) is 32.8 Å². The van der Waals surface area contributed by atoms with Gasteiger partial charge in [-0.05, 0) is 6.42 Å². The van der Waals surface area contributed by atoms with Crippen LogP contribution in [0.1, 0.15) is 26.2 Å². The molecule has 0 aromatic heterocycles. The number of piperazine rings is 1. The zero-order valence-electron chi connectivity index (χ0n) is 14.3. The maximum Gasteiger partial charge on any atom is 0.307 e. The molecule has 2 aliphatic heterocycles. The van der Waals surface area contributed by atoms with Gasteiger partial charge in [-0.1, -0.05) is 13.3 Å². The number of unbranched alkanes of at least 4 members (excludes halogenated alkanes) is 1. The van der Waals surface area contributed by atoms with Crippen LogP contribution in [0.5, 0.6) is 0 Å². The molecule has 0 spiro atoms. The van der Waals surface area contributed by atoms with Gasteiger partial charge in [0.25, 0.3) is 0 Å². The second kappa shape index (κ2) is 9.58. The number of nitrogens with one attached hydrogen (secondary N) is 1. The number of morpholine rings is 1. The highest BCUT2D eigenvalue weighted by atomic mass is 16.5. The number of ether oxygens (including phenoxy) is 2. The van der Waals surface area contributed by atoms with Gasteiger partial charge in [0.1, 0.15) is 6.04 Å². The zero-order valence-corrected chi connectivity index (χ0v) is 14.3. The molecular weight excluding hydrogens is 314 g/mol. The molecule has 0 aliphatic carbocycles. The number of hydrogen-bond donors (Lipinski definition) is 1. The summed E-state index contributed by atoms with van der Waals surface area (Å²) in [5.41, 5.74) is 0. The zero-order chi connectivity index (χ0) is 17.4. The van der Waals surface area contributed by atoms with E-state index in [1.54, 1.807) is 9.80 Å². The first kappa shape index (κ1) is 18.7. The van der Waals surface area contributed by atoms with E-state index >= 15 is 0 Å². The SMILES string of the molecule is CCCCOC(=O)CC1C(=O)NCCN1CC(=O)N1CCOCC1. The van der Waals surface area contributed by atoms with E-state index in [2.05, 4.69) is 5.32 Å². The molecular formula is C16H27N3O5. The third-order valence-electron chi connectivity index (χ3n) is 4.26. The summed E-state index contributed by atoms with van der Waals surface area (Å²) in [6, 6.07) is -0.641. The van der Waals surface area contributed by atoms with E-state index in [1.807, 2.05) is 6.92 Å². The van der Waals surface area contributed by atoms with E-state index < -0.39 is 12.0 Å². The third-order valence-corrected chi connectivity index (χ3v) is 4.26. The second-order valence-corrected chi connectivity index (χ2v) is 6.05. The summed E-state index contributed by atoms with van der Waals surface area (Å²) in [7, 11) is 0. The first-order valence-electron chi connectivity index (χ1n) is 8.64. The molecule has 1 N–H and O–H groups in total. The molecule has 24 heavy (non-hydrogen) atoms. The minimum atomic E-state index is -0.641. The molecule has 136 valence electrons. The quantitative estimate of drug-likeness (QED) is 0.490. The third kappa shape index (κ3) is 5.45. The largest absolute Gasteiger partial charge is 0.466 e. The maximum absolute atomic E-state index is 12.4. The summed E-state index contributed by atoms with van der Waals surface area (Å²) in [4.78, 5) is 40.0. The highest BCUT2D eigenvalue weighted by Gasteiger charge is 2.34. The number of rotatable bonds is 7. The van der Waals surface area contributed by atoms with Crippen LogP contribution >= 0.6 is 0 Å². The Morgan fingerprint density at radius 2 is 2.04 bits per heavy atom. The molecule has 0 bridgehead atoms. The van der Waals surface area contributed by atoms with Crippen molar-refractivity contribution in [1.29, 1.82) is 0 Å². The van der Waals surface area contributed by atoms with Crippen LogP contribution in [-0.4, -0.2) is 86.2 Å². The molecule has 2 fully saturated rings. The molecule has 0 aromatic rings. The first-order valence-corrected chi connectivity index (χ1v) is 8.64. The Kier molecular flexibility index (Phi) is 7.45. The minimum absolute atomic E-state index is 0.0219. The smallest absolute Gasteiger partial charge is 0.307 e. The second-order valence-electron chi connectivity index (χ2n) is 6.05. The normalized spacial score (nSPS) is 22.1. The van der Waals surface area contributed by atoms with Crippen molar-refractivity contribution in [2.75, 3.05) is 52.5 Å². The summed E-state index contributed by atoms with van der Waals surface area (Å²) in [6.45, 7) is 5.79. The first-order chi connectivity index (χ1) is 11.6. The highest BCUT2D eigenvalue weighted by Crippen LogP contribution is 2.11. The lowest BCUT2D eigenvalue weighted by Crippen LogP contribution is -2.58. The molecule has 0 radical (unpaired) electrons. The number of carbonyl (C=O) groups is 3. The van der Waals surface area contributed by atoms with Gasteiger partial charge in [-0.25, -0.2) is 0 Å². The van der Waals surface area contributed by atoms with Gasteiger partial charge >= 0.3 is 5.97 Å². The van der Waals surface area contributed by atoms with E-state index in [1.165, 1.54) is 0 Å². The van der Waals surface area contributed by atoms with E-state index in [0.29, 0.717) is 46.0 Å². The van der Waals surface area contributed by atoms with Crippen LogP contribution in [0, 0.1) is 0 Å². The molecule has 2 amide bonds. The van der Waals surface area contributed by atoms with Gasteiger partial charge in [0, 0.05) is 26.2 Å². The van der Waals surface area contributed by atoms with Crippen molar-refractivity contribution >= 4 is 17.8 Å². The molecule has 1 unspecified atom stereocenters. The highest BCUT2D eigenvalue weighted by molar-refractivity contribution is 5.88. The predicted octanol–water partition coefficient (Wildman–Crippen LogP) is -0.621. The van der Waals surface area contributed by atoms with Gasteiger partial charge in [-0.15, -0.1) is 0 Å². The van der Waals surface area contributed by atoms with Crippen LogP contribution in [0.3, 0.4) is 0 Å². The van der Waals surface area contributed by atoms with Gasteiger partial charge in [-0.2, -0.15) is 0 Å². The van der Waals surface area contributed by atoms with Crippen LogP contribution in [0.2, 0.25) is 0 Å². The van der Waals surface area contributed by atoms with E-state index in [9.17, 15) is 14.4 Å². The van der Waals surface area contributed by atoms with Crippen molar-refractivity contribution in [3.63, 3.8) is 0 Å². The average Bonchev–Trinajstić information content (AvgIpc) is 2.59. The monoisotopic (exact) mass is 341 g/mol. The number of hydrogen-bond acceptors (Lipinski definition) is 6. The summed E-state index contributed by atoms with van der Waals surface area (Å²) in [5.74, 6) is -0.643. The van der Waals surface area contributed by atoms with Gasteiger partial charge in [0.15, 0.2) is 0 Å². The van der Waals surface area contributed by atoms with Crippen molar-refractivity contribution in [1.82, 2.24) is 15.1 Å². The minimum Gasteiger partial charge on any atom is -0.466 e. The predicted molar refractivity (Wildman–Crippen MR) is 86.3 cm³/mol. The number of esters is 1. The Morgan fingerprint density at radius 3 is 2.75 bits per heavy atom. The van der Waals surface area contributed by atoms with Crippen LogP contribution in [0.15, 0.2) is 0 Å². The standard InChI is InChI=1S/C16H27N3O5/c1-2-3-8-24-15(21)11-13-16(22)17-4-5-19(13)12-14(20)18-6-9-23-10-7-18/h13H,2-12H2,1H3,(H,17,22). The Balaban J connectivity index is 1.88. The maximum atomic E-state index is 12.4. The molecule has 0 saturated carbocycles. The molecule has 0 aromatic carbocycles. The molecule has 2 saturated heterocycles. The van der Waals surface area contributed by atoms with Crippen LogP contribution in [0.4, 0.5) is 0 Å². The molecule has 8 nitrogen and oxygen atoms in total. The van der Waals surface area contributed by atoms with Gasteiger partial charge in [0.2, 0.25) is 11.8 Å². The van der Waals surface area contributed by atoms with Crippen molar-refractivity contribution in [2.24, 2.45) is 0 Å². The molecule has 2 aliphatic rings. The van der Waals surface area contributed by atoms with E-state index in [0.717, 1.165) is 12.8 Å². The summed E-state index contributed by atoms with van der Waals surface area (Å²) in [5, 5.41) is 2.75. The van der Waals surface area contributed by atoms with Gasteiger partial charge in [-0.3, -0.25) is 19.3 Å². The Labute approximate surface area is 142 Å².